The Morgan fingerprint density at radius 2 is 2.14 bits per heavy atom. The van der Waals surface area contributed by atoms with Crippen LogP contribution in [0.2, 0.25) is 0 Å². The standard InChI is InChI=1S/C16H25N3O2/c1-4-21-10-8-19(2)16-6-5-14(11-15(16)12-17)13-18-7-9-20-3/h5-6,11,18H,4,7-10,13H2,1-3H3. The molecule has 0 aliphatic rings. The first kappa shape index (κ1) is 17.4. The van der Waals surface area contributed by atoms with Crippen molar-refractivity contribution in [2.75, 3.05) is 52.0 Å². The van der Waals surface area contributed by atoms with Gasteiger partial charge < -0.3 is 19.7 Å². The van der Waals surface area contributed by atoms with Crippen molar-refractivity contribution in [2.24, 2.45) is 0 Å². The van der Waals surface area contributed by atoms with Crippen LogP contribution in [0.1, 0.15) is 18.1 Å². The van der Waals surface area contributed by atoms with Gasteiger partial charge in [0.1, 0.15) is 6.07 Å². The van der Waals surface area contributed by atoms with Crippen LogP contribution in [-0.2, 0) is 16.0 Å². The number of anilines is 1. The van der Waals surface area contributed by atoms with E-state index in [2.05, 4.69) is 16.3 Å². The highest BCUT2D eigenvalue weighted by atomic mass is 16.5. The summed E-state index contributed by atoms with van der Waals surface area (Å²) in [5, 5.41) is 12.6. The van der Waals surface area contributed by atoms with Gasteiger partial charge in [-0.05, 0) is 24.6 Å². The Morgan fingerprint density at radius 1 is 1.33 bits per heavy atom. The Bertz CT molecular complexity index is 457. The summed E-state index contributed by atoms with van der Waals surface area (Å²) in [6, 6.07) is 8.26. The fourth-order valence-corrected chi connectivity index (χ4v) is 1.99. The van der Waals surface area contributed by atoms with Crippen LogP contribution in [0.15, 0.2) is 18.2 Å². The van der Waals surface area contributed by atoms with Crippen molar-refractivity contribution < 1.29 is 9.47 Å². The molecule has 5 nitrogen and oxygen atoms in total. The maximum atomic E-state index is 9.32. The number of nitrogens with zero attached hydrogens (tertiary/aromatic N) is 2. The lowest BCUT2D eigenvalue weighted by Gasteiger charge is -2.21. The maximum Gasteiger partial charge on any atom is 0.101 e. The van der Waals surface area contributed by atoms with Gasteiger partial charge in [0.25, 0.3) is 0 Å². The zero-order valence-electron chi connectivity index (χ0n) is 13.2. The van der Waals surface area contributed by atoms with E-state index in [1.165, 1.54) is 0 Å². The third kappa shape index (κ3) is 6.13. The normalized spacial score (nSPS) is 10.4. The summed E-state index contributed by atoms with van der Waals surface area (Å²) in [5.74, 6) is 0. The highest BCUT2D eigenvalue weighted by molar-refractivity contribution is 5.60. The summed E-state index contributed by atoms with van der Waals surface area (Å²) in [7, 11) is 3.66. The highest BCUT2D eigenvalue weighted by Crippen LogP contribution is 2.20. The average molecular weight is 291 g/mol. The van der Waals surface area contributed by atoms with E-state index in [1.54, 1.807) is 7.11 Å². The molecule has 1 aromatic rings. The van der Waals surface area contributed by atoms with Crippen LogP contribution in [0.25, 0.3) is 0 Å². The van der Waals surface area contributed by atoms with Gasteiger partial charge >= 0.3 is 0 Å². The minimum atomic E-state index is 0.665. The van der Waals surface area contributed by atoms with Gasteiger partial charge in [-0.25, -0.2) is 0 Å². The first-order chi connectivity index (χ1) is 10.2. The van der Waals surface area contributed by atoms with Crippen LogP contribution in [0.4, 0.5) is 5.69 Å². The first-order valence-corrected chi connectivity index (χ1v) is 7.24. The second-order valence-electron chi connectivity index (χ2n) is 4.75. The molecule has 0 saturated heterocycles. The Kier molecular flexibility index (Phi) is 8.44. The fraction of sp³-hybridized carbons (Fsp3) is 0.562. The van der Waals surface area contributed by atoms with E-state index in [4.69, 9.17) is 9.47 Å². The molecule has 0 aliphatic carbocycles. The summed E-state index contributed by atoms with van der Waals surface area (Å²) in [4.78, 5) is 2.05. The Balaban J connectivity index is 2.63. The molecule has 0 amide bonds. The molecule has 0 spiro atoms. The van der Waals surface area contributed by atoms with E-state index in [0.29, 0.717) is 25.4 Å². The second kappa shape index (κ2) is 10.2. The third-order valence-corrected chi connectivity index (χ3v) is 3.18. The minimum Gasteiger partial charge on any atom is -0.383 e. The molecule has 0 unspecified atom stereocenters. The number of nitrogens with one attached hydrogen (secondary N) is 1. The molecule has 0 radical (unpaired) electrons. The summed E-state index contributed by atoms with van der Waals surface area (Å²) < 4.78 is 10.3. The van der Waals surface area contributed by atoms with Crippen molar-refractivity contribution in [2.45, 2.75) is 13.5 Å². The molecule has 0 fully saturated rings. The third-order valence-electron chi connectivity index (χ3n) is 3.18. The molecule has 0 heterocycles. The first-order valence-electron chi connectivity index (χ1n) is 7.24. The largest absolute Gasteiger partial charge is 0.383 e. The van der Waals surface area contributed by atoms with Crippen LogP contribution < -0.4 is 10.2 Å². The molecule has 1 aromatic carbocycles. The molecule has 0 aromatic heterocycles. The van der Waals surface area contributed by atoms with Gasteiger partial charge in [-0.3, -0.25) is 0 Å². The molecule has 1 N–H and O–H groups in total. The van der Waals surface area contributed by atoms with Gasteiger partial charge in [-0.15, -0.1) is 0 Å². The Hall–Kier alpha value is -1.61. The van der Waals surface area contributed by atoms with Crippen LogP contribution in [0.5, 0.6) is 0 Å². The van der Waals surface area contributed by atoms with E-state index in [9.17, 15) is 5.26 Å². The molecular formula is C16H25N3O2. The monoisotopic (exact) mass is 291 g/mol. The predicted molar refractivity (Wildman–Crippen MR) is 84.5 cm³/mol. The molecule has 0 bridgehead atoms. The average Bonchev–Trinajstić information content (AvgIpc) is 2.51. The summed E-state index contributed by atoms with van der Waals surface area (Å²) in [5.41, 5.74) is 2.74. The van der Waals surface area contributed by atoms with Crippen molar-refractivity contribution in [1.29, 1.82) is 5.26 Å². The lowest BCUT2D eigenvalue weighted by atomic mass is 10.1. The number of hydrogen-bond acceptors (Lipinski definition) is 5. The molecule has 21 heavy (non-hydrogen) atoms. The Morgan fingerprint density at radius 3 is 2.81 bits per heavy atom. The van der Waals surface area contributed by atoms with Gasteiger partial charge in [-0.2, -0.15) is 5.26 Å². The van der Waals surface area contributed by atoms with Crippen LogP contribution in [0.3, 0.4) is 0 Å². The number of benzene rings is 1. The van der Waals surface area contributed by atoms with Gasteiger partial charge in [0, 0.05) is 40.4 Å². The molecular weight excluding hydrogens is 266 g/mol. The summed E-state index contributed by atoms with van der Waals surface area (Å²) in [6.07, 6.45) is 0. The van der Waals surface area contributed by atoms with E-state index in [1.807, 2.05) is 32.2 Å². The van der Waals surface area contributed by atoms with Crippen molar-refractivity contribution >= 4 is 5.69 Å². The van der Waals surface area contributed by atoms with E-state index in [0.717, 1.165) is 30.9 Å². The molecule has 5 heteroatoms. The van der Waals surface area contributed by atoms with E-state index in [-0.39, 0.29) is 0 Å². The van der Waals surface area contributed by atoms with Crippen LogP contribution >= 0.6 is 0 Å². The van der Waals surface area contributed by atoms with Gasteiger partial charge in [0.2, 0.25) is 0 Å². The molecule has 0 saturated carbocycles. The second-order valence-corrected chi connectivity index (χ2v) is 4.75. The topological polar surface area (TPSA) is 57.5 Å². The molecule has 116 valence electrons. The molecule has 1 rings (SSSR count). The maximum absolute atomic E-state index is 9.32. The number of ether oxygens (including phenoxy) is 2. The molecule has 0 atom stereocenters. The SMILES string of the molecule is CCOCCN(C)c1ccc(CNCCOC)cc1C#N. The minimum absolute atomic E-state index is 0.665. The van der Waals surface area contributed by atoms with Crippen LogP contribution in [0, 0.1) is 11.3 Å². The lowest BCUT2D eigenvalue weighted by molar-refractivity contribution is 0.154. The van der Waals surface area contributed by atoms with Crippen LogP contribution in [-0.4, -0.2) is 47.1 Å². The highest BCUT2D eigenvalue weighted by Gasteiger charge is 2.08. The number of rotatable bonds is 10. The van der Waals surface area contributed by atoms with Crippen molar-refractivity contribution in [3.63, 3.8) is 0 Å². The number of methoxy groups -OCH3 is 1. The van der Waals surface area contributed by atoms with Gasteiger partial charge in [-0.1, -0.05) is 6.07 Å². The van der Waals surface area contributed by atoms with Crippen molar-refractivity contribution in [3.8, 4) is 6.07 Å². The summed E-state index contributed by atoms with van der Waals surface area (Å²) in [6.45, 7) is 6.35. The zero-order chi connectivity index (χ0) is 15.5. The lowest BCUT2D eigenvalue weighted by Crippen LogP contribution is -2.23. The van der Waals surface area contributed by atoms with Gasteiger partial charge in [0.15, 0.2) is 0 Å². The Labute approximate surface area is 127 Å². The van der Waals surface area contributed by atoms with Gasteiger partial charge in [0.05, 0.1) is 24.5 Å². The van der Waals surface area contributed by atoms with E-state index >= 15 is 0 Å². The number of likely N-dealkylation sites (N-methyl/N-ethyl adjacent to an activating group) is 1. The number of hydrogen-bond donors (Lipinski definition) is 1. The van der Waals surface area contributed by atoms with Crippen molar-refractivity contribution in [3.05, 3.63) is 29.3 Å². The summed E-state index contributed by atoms with van der Waals surface area (Å²) >= 11 is 0. The van der Waals surface area contributed by atoms with E-state index < -0.39 is 0 Å². The smallest absolute Gasteiger partial charge is 0.101 e. The van der Waals surface area contributed by atoms with Crippen molar-refractivity contribution in [1.82, 2.24) is 5.32 Å². The molecule has 0 aliphatic heterocycles. The number of nitriles is 1. The zero-order valence-corrected chi connectivity index (χ0v) is 13.2. The predicted octanol–water partition coefficient (Wildman–Crippen LogP) is 1.77. The fourth-order valence-electron chi connectivity index (χ4n) is 1.99. The quantitative estimate of drug-likeness (QED) is 0.666.